The first-order chi connectivity index (χ1) is 14.1. The van der Waals surface area contributed by atoms with Gasteiger partial charge in [-0.3, -0.25) is 4.98 Å². The van der Waals surface area contributed by atoms with Gasteiger partial charge in [0.1, 0.15) is 5.70 Å². The first-order valence-electron chi connectivity index (χ1n) is 9.31. The van der Waals surface area contributed by atoms with E-state index in [9.17, 15) is 18.0 Å². The lowest BCUT2D eigenvalue weighted by Gasteiger charge is -2.37. The Hall–Kier alpha value is -3.30. The molecule has 0 unspecified atom stereocenters. The van der Waals surface area contributed by atoms with Crippen molar-refractivity contribution in [1.82, 2.24) is 14.8 Å². The molecule has 0 radical (unpaired) electrons. The predicted molar refractivity (Wildman–Crippen MR) is 111 cm³/mol. The van der Waals surface area contributed by atoms with Crippen LogP contribution in [0.15, 0.2) is 36.2 Å². The second-order valence-corrected chi connectivity index (χ2v) is 7.18. The minimum atomic E-state index is -4.73. The highest BCUT2D eigenvalue weighted by Gasteiger charge is 2.34. The molecule has 160 valence electrons. The smallest absolute Gasteiger partial charge is 0.394 e. The Bertz CT molecular complexity index is 994. The molecule has 7 nitrogen and oxygen atoms in total. The molecular formula is C20H23F3N6O. The summed E-state index contributed by atoms with van der Waals surface area (Å²) < 4.78 is 39.2. The third-order valence-electron chi connectivity index (χ3n) is 5.04. The molecule has 0 bridgehead atoms. The van der Waals surface area contributed by atoms with Crippen LogP contribution >= 0.6 is 0 Å². The second kappa shape index (κ2) is 8.21. The second-order valence-electron chi connectivity index (χ2n) is 7.18. The molecule has 1 saturated heterocycles. The van der Waals surface area contributed by atoms with Crippen molar-refractivity contribution in [3.05, 3.63) is 41.7 Å². The lowest BCUT2D eigenvalue weighted by Crippen LogP contribution is -2.51. The van der Waals surface area contributed by atoms with Crippen LogP contribution in [0.4, 0.5) is 23.7 Å². The number of amides is 2. The van der Waals surface area contributed by atoms with Crippen LogP contribution in [0.25, 0.3) is 16.5 Å². The molecule has 1 fully saturated rings. The van der Waals surface area contributed by atoms with E-state index in [2.05, 4.69) is 9.88 Å². The van der Waals surface area contributed by atoms with Crippen LogP contribution < -0.4 is 10.6 Å². The molecule has 2 heterocycles. The number of urea groups is 1. The lowest BCUT2D eigenvalue weighted by atomic mass is 10.0. The predicted octanol–water partition coefficient (Wildman–Crippen LogP) is 2.92. The number of fused-ring (bicyclic) bond motifs is 1. The minimum absolute atomic E-state index is 0.0556. The van der Waals surface area contributed by atoms with Gasteiger partial charge in [0.2, 0.25) is 0 Å². The maximum absolute atomic E-state index is 13.1. The van der Waals surface area contributed by atoms with E-state index >= 15 is 0 Å². The molecular weight excluding hydrogens is 397 g/mol. The number of piperazine rings is 1. The number of carbonyl (C=O) groups is 1. The maximum Gasteiger partial charge on any atom is 0.431 e. The normalized spacial score (nSPS) is 15.8. The molecule has 2 aromatic rings. The van der Waals surface area contributed by atoms with Crippen LogP contribution in [0.3, 0.4) is 0 Å². The van der Waals surface area contributed by atoms with E-state index in [1.807, 2.05) is 0 Å². The summed E-state index contributed by atoms with van der Waals surface area (Å²) in [5.41, 5.74) is 5.20. The number of hydrogen-bond acceptors (Lipinski definition) is 5. The number of anilines is 1. The van der Waals surface area contributed by atoms with E-state index in [0.29, 0.717) is 43.3 Å². The summed E-state index contributed by atoms with van der Waals surface area (Å²) in [6.07, 6.45) is -2.47. The minimum Gasteiger partial charge on any atom is -0.394 e. The van der Waals surface area contributed by atoms with Crippen LogP contribution in [0.5, 0.6) is 0 Å². The standard InChI is InChI=1S/C20H23F3N6O/c1-27(2)19(30)29-9-7-28(8-10-29)17-5-6-26-16-4-3-13(11-14(16)17)15(12-24)18(25)20(21,22)23/h3-6,11-12,24H,7-10,25H2,1-2H3. The van der Waals surface area contributed by atoms with Crippen LogP contribution in [0.2, 0.25) is 0 Å². The van der Waals surface area contributed by atoms with E-state index in [0.717, 1.165) is 5.69 Å². The number of allylic oxidation sites excluding steroid dienone is 2. The van der Waals surface area contributed by atoms with Crippen molar-refractivity contribution in [2.75, 3.05) is 45.2 Å². The van der Waals surface area contributed by atoms with Gasteiger partial charge in [0.25, 0.3) is 0 Å². The summed E-state index contributed by atoms with van der Waals surface area (Å²) in [6.45, 7) is 2.24. The number of nitrogens with two attached hydrogens (primary N) is 1. The number of hydrogen-bond donors (Lipinski definition) is 2. The fourth-order valence-corrected chi connectivity index (χ4v) is 3.47. The van der Waals surface area contributed by atoms with Crippen LogP contribution in [0.1, 0.15) is 5.56 Å². The first-order valence-corrected chi connectivity index (χ1v) is 9.31. The summed E-state index contributed by atoms with van der Waals surface area (Å²) in [5.74, 6) is 0. The quantitative estimate of drug-likeness (QED) is 0.748. The van der Waals surface area contributed by atoms with Crippen LogP contribution in [-0.2, 0) is 0 Å². The Morgan fingerprint density at radius 1 is 1.20 bits per heavy atom. The number of nitrogens with one attached hydrogen (secondary N) is 1. The molecule has 0 atom stereocenters. The summed E-state index contributed by atoms with van der Waals surface area (Å²) in [5, 5.41) is 8.10. The van der Waals surface area contributed by atoms with Crippen molar-refractivity contribution in [2.45, 2.75) is 6.18 Å². The number of pyridine rings is 1. The van der Waals surface area contributed by atoms with Gasteiger partial charge in [-0.1, -0.05) is 6.07 Å². The SMILES string of the molecule is CN(C)C(=O)N1CCN(c2ccnc3ccc(C(C=N)=C(N)C(F)(F)F)cc23)CC1. The Balaban J connectivity index is 1.97. The number of carbonyl (C=O) groups excluding carboxylic acids is 1. The molecule has 1 aliphatic rings. The number of alkyl halides is 3. The molecule has 1 aromatic carbocycles. The molecule has 30 heavy (non-hydrogen) atoms. The van der Waals surface area contributed by atoms with Crippen LogP contribution in [0, 0.1) is 5.41 Å². The molecule has 3 rings (SSSR count). The summed E-state index contributed by atoms with van der Waals surface area (Å²) >= 11 is 0. The van der Waals surface area contributed by atoms with Crippen molar-refractivity contribution in [3.8, 4) is 0 Å². The maximum atomic E-state index is 13.1. The fraction of sp³-hybridized carbons (Fsp3) is 0.350. The largest absolute Gasteiger partial charge is 0.431 e. The fourth-order valence-electron chi connectivity index (χ4n) is 3.47. The van der Waals surface area contributed by atoms with Gasteiger partial charge >= 0.3 is 12.2 Å². The van der Waals surface area contributed by atoms with Gasteiger partial charge in [0.05, 0.1) is 5.52 Å². The van der Waals surface area contributed by atoms with E-state index < -0.39 is 11.9 Å². The van der Waals surface area contributed by atoms with Crippen molar-refractivity contribution < 1.29 is 18.0 Å². The zero-order chi connectivity index (χ0) is 22.1. The molecule has 1 aliphatic heterocycles. The highest BCUT2D eigenvalue weighted by atomic mass is 19.4. The highest BCUT2D eigenvalue weighted by molar-refractivity contribution is 6.11. The zero-order valence-corrected chi connectivity index (χ0v) is 16.7. The molecule has 1 aromatic heterocycles. The molecule has 2 amide bonds. The van der Waals surface area contributed by atoms with Gasteiger partial charge in [-0.25, -0.2) is 4.79 Å². The topological polar surface area (TPSA) is 89.6 Å². The highest BCUT2D eigenvalue weighted by Crippen LogP contribution is 2.32. The number of rotatable bonds is 3. The molecule has 0 spiro atoms. The molecule has 0 saturated carbocycles. The Morgan fingerprint density at radius 3 is 2.43 bits per heavy atom. The van der Waals surface area contributed by atoms with Gasteiger partial charge in [0.15, 0.2) is 0 Å². The average molecular weight is 420 g/mol. The van der Waals surface area contributed by atoms with Crippen molar-refractivity contribution in [2.24, 2.45) is 5.73 Å². The van der Waals surface area contributed by atoms with Gasteiger partial charge in [-0.2, -0.15) is 13.2 Å². The first kappa shape index (κ1) is 21.4. The molecule has 10 heteroatoms. The summed E-state index contributed by atoms with van der Waals surface area (Å²) in [4.78, 5) is 21.8. The zero-order valence-electron chi connectivity index (χ0n) is 16.7. The third kappa shape index (κ3) is 4.17. The van der Waals surface area contributed by atoms with Gasteiger partial charge in [0, 0.05) is 69.3 Å². The Kier molecular flexibility index (Phi) is 5.86. The van der Waals surface area contributed by atoms with Crippen molar-refractivity contribution >= 4 is 34.4 Å². The third-order valence-corrected chi connectivity index (χ3v) is 5.04. The van der Waals surface area contributed by atoms with Crippen molar-refractivity contribution in [3.63, 3.8) is 0 Å². The summed E-state index contributed by atoms with van der Waals surface area (Å²) in [7, 11) is 3.40. The van der Waals surface area contributed by atoms with E-state index in [-0.39, 0.29) is 17.2 Å². The Morgan fingerprint density at radius 2 is 1.87 bits per heavy atom. The molecule has 0 aliphatic carbocycles. The van der Waals surface area contributed by atoms with E-state index in [4.69, 9.17) is 11.1 Å². The van der Waals surface area contributed by atoms with E-state index in [1.165, 1.54) is 11.0 Å². The molecule has 3 N–H and O–H groups in total. The average Bonchev–Trinajstić information content (AvgIpc) is 2.72. The number of aromatic nitrogens is 1. The van der Waals surface area contributed by atoms with E-state index in [1.54, 1.807) is 43.4 Å². The van der Waals surface area contributed by atoms with Crippen molar-refractivity contribution in [1.29, 1.82) is 5.41 Å². The van der Waals surface area contributed by atoms with Crippen LogP contribution in [-0.4, -0.2) is 73.5 Å². The lowest BCUT2D eigenvalue weighted by molar-refractivity contribution is -0.0918. The number of benzene rings is 1. The van der Waals surface area contributed by atoms with Gasteiger partial charge in [-0.15, -0.1) is 0 Å². The number of nitrogens with zero attached hydrogens (tertiary/aromatic N) is 4. The van der Waals surface area contributed by atoms with Gasteiger partial charge in [-0.05, 0) is 23.8 Å². The van der Waals surface area contributed by atoms with Gasteiger partial charge < -0.3 is 25.8 Å². The number of halogens is 3. The summed E-state index contributed by atoms with van der Waals surface area (Å²) in [6, 6.07) is 6.42. The monoisotopic (exact) mass is 420 g/mol. The Labute approximate surface area is 172 Å².